The van der Waals surface area contributed by atoms with Crippen molar-refractivity contribution < 1.29 is 9.32 Å². The number of hydrogen-bond donors (Lipinski definition) is 0. The summed E-state index contributed by atoms with van der Waals surface area (Å²) in [6.07, 6.45) is 7.19. The van der Waals surface area contributed by atoms with Gasteiger partial charge < -0.3 is 4.52 Å². The predicted molar refractivity (Wildman–Crippen MR) is 74.1 cm³/mol. The second kappa shape index (κ2) is 6.04. The van der Waals surface area contributed by atoms with Crippen LogP contribution in [0.5, 0.6) is 0 Å². The number of aromatic nitrogens is 2. The molecule has 1 saturated carbocycles. The van der Waals surface area contributed by atoms with Gasteiger partial charge in [-0.15, -0.1) is 0 Å². The van der Waals surface area contributed by atoms with Gasteiger partial charge in [0, 0.05) is 24.8 Å². The Bertz CT molecular complexity index is 471. The summed E-state index contributed by atoms with van der Waals surface area (Å²) in [7, 11) is 0. The summed E-state index contributed by atoms with van der Waals surface area (Å²) < 4.78 is 5.17. The number of Topliss-reactive ketones (excluding diaryl/α,β-unsaturated/α-hetero) is 1. The van der Waals surface area contributed by atoms with Crippen LogP contribution < -0.4 is 0 Å². The molecule has 20 heavy (non-hydrogen) atoms. The maximum absolute atomic E-state index is 12.2. The largest absolute Gasteiger partial charge is 0.339 e. The van der Waals surface area contributed by atoms with Crippen LogP contribution in [0, 0.1) is 5.92 Å². The summed E-state index contributed by atoms with van der Waals surface area (Å²) in [4.78, 5) is 18.9. The first-order chi connectivity index (χ1) is 9.78. The monoisotopic (exact) mass is 277 g/mol. The van der Waals surface area contributed by atoms with Crippen molar-refractivity contribution in [2.45, 2.75) is 64.5 Å². The highest BCUT2D eigenvalue weighted by atomic mass is 16.5. The van der Waals surface area contributed by atoms with Gasteiger partial charge in [-0.2, -0.15) is 4.98 Å². The quantitative estimate of drug-likeness (QED) is 0.845. The first kappa shape index (κ1) is 13.7. The molecule has 2 heterocycles. The predicted octanol–water partition coefficient (Wildman–Crippen LogP) is 2.36. The number of ketones is 1. The van der Waals surface area contributed by atoms with E-state index in [0.29, 0.717) is 17.7 Å². The van der Waals surface area contributed by atoms with E-state index in [1.165, 1.54) is 12.8 Å². The average Bonchev–Trinajstić information content (AvgIpc) is 3.09. The van der Waals surface area contributed by atoms with E-state index in [1.54, 1.807) is 0 Å². The molecular formula is C15H23N3O2. The van der Waals surface area contributed by atoms with Gasteiger partial charge in [-0.05, 0) is 32.2 Å². The van der Waals surface area contributed by atoms with Gasteiger partial charge in [0.15, 0.2) is 5.82 Å². The third-order valence-corrected chi connectivity index (χ3v) is 4.64. The number of nitrogens with zero attached hydrogens (tertiary/aromatic N) is 3. The minimum atomic E-state index is 0.240. The number of carbonyl (C=O) groups is 1. The Morgan fingerprint density at radius 2 is 2.20 bits per heavy atom. The van der Waals surface area contributed by atoms with Crippen LogP contribution in [-0.2, 0) is 17.8 Å². The Hall–Kier alpha value is -1.23. The molecule has 110 valence electrons. The average molecular weight is 277 g/mol. The van der Waals surface area contributed by atoms with Gasteiger partial charge in [0.25, 0.3) is 0 Å². The van der Waals surface area contributed by atoms with Crippen molar-refractivity contribution >= 4 is 5.78 Å². The Balaban J connectivity index is 1.67. The van der Waals surface area contributed by atoms with Gasteiger partial charge in [0.1, 0.15) is 5.78 Å². The van der Waals surface area contributed by atoms with Crippen LogP contribution in [0.15, 0.2) is 4.52 Å². The molecule has 1 aliphatic heterocycles. The highest BCUT2D eigenvalue weighted by Crippen LogP contribution is 2.32. The molecular weight excluding hydrogens is 254 g/mol. The van der Waals surface area contributed by atoms with Gasteiger partial charge in [-0.25, -0.2) is 0 Å². The van der Waals surface area contributed by atoms with Gasteiger partial charge in [0.05, 0.1) is 6.54 Å². The van der Waals surface area contributed by atoms with E-state index in [4.69, 9.17) is 4.52 Å². The summed E-state index contributed by atoms with van der Waals surface area (Å²) in [6.45, 7) is 3.78. The molecule has 5 heteroatoms. The van der Waals surface area contributed by atoms with Crippen LogP contribution >= 0.6 is 0 Å². The van der Waals surface area contributed by atoms with Crippen molar-refractivity contribution in [2.75, 3.05) is 6.54 Å². The highest BCUT2D eigenvalue weighted by molar-refractivity contribution is 5.82. The lowest BCUT2D eigenvalue weighted by atomic mass is 9.82. The molecule has 2 atom stereocenters. The fourth-order valence-corrected chi connectivity index (χ4v) is 3.60. The zero-order chi connectivity index (χ0) is 13.9. The number of carbonyl (C=O) groups excluding carboxylic acids is 1. The molecule has 0 amide bonds. The minimum Gasteiger partial charge on any atom is -0.339 e. The summed E-state index contributed by atoms with van der Waals surface area (Å²) in [5, 5.41) is 4.04. The van der Waals surface area contributed by atoms with Crippen LogP contribution in [0.4, 0.5) is 0 Å². The van der Waals surface area contributed by atoms with Crippen LogP contribution in [0.25, 0.3) is 0 Å². The zero-order valence-electron chi connectivity index (χ0n) is 12.2. The van der Waals surface area contributed by atoms with Crippen molar-refractivity contribution in [1.29, 1.82) is 0 Å². The molecule has 3 rings (SSSR count). The molecule has 0 radical (unpaired) electrons. The van der Waals surface area contributed by atoms with E-state index < -0.39 is 0 Å². The van der Waals surface area contributed by atoms with E-state index in [0.717, 1.165) is 51.0 Å². The van der Waals surface area contributed by atoms with E-state index in [-0.39, 0.29) is 5.92 Å². The van der Waals surface area contributed by atoms with E-state index >= 15 is 0 Å². The van der Waals surface area contributed by atoms with Gasteiger partial charge in [-0.1, -0.05) is 18.5 Å². The van der Waals surface area contributed by atoms with Crippen molar-refractivity contribution in [3.05, 3.63) is 11.7 Å². The van der Waals surface area contributed by atoms with Crippen LogP contribution in [0.1, 0.15) is 57.2 Å². The molecule has 2 unspecified atom stereocenters. The topological polar surface area (TPSA) is 59.2 Å². The van der Waals surface area contributed by atoms with Gasteiger partial charge in [0.2, 0.25) is 5.89 Å². The SMILES string of the molecule is CCc1nc(CN2CCCC2C2CCCCC2=O)no1. The minimum absolute atomic E-state index is 0.240. The van der Waals surface area contributed by atoms with Crippen molar-refractivity contribution in [2.24, 2.45) is 5.92 Å². The molecule has 5 nitrogen and oxygen atoms in total. The molecule has 0 N–H and O–H groups in total. The number of aryl methyl sites for hydroxylation is 1. The maximum atomic E-state index is 12.2. The second-order valence-electron chi connectivity index (χ2n) is 5.96. The maximum Gasteiger partial charge on any atom is 0.226 e. The number of hydrogen-bond acceptors (Lipinski definition) is 5. The summed E-state index contributed by atoms with van der Waals surface area (Å²) in [6, 6.07) is 0.395. The molecule has 1 aromatic rings. The third kappa shape index (κ3) is 2.77. The lowest BCUT2D eigenvalue weighted by Crippen LogP contribution is -2.40. The van der Waals surface area contributed by atoms with E-state index in [1.807, 2.05) is 6.92 Å². The van der Waals surface area contributed by atoms with Crippen LogP contribution in [0.2, 0.25) is 0 Å². The van der Waals surface area contributed by atoms with Crippen LogP contribution in [0.3, 0.4) is 0 Å². The van der Waals surface area contributed by atoms with Crippen molar-refractivity contribution in [3.63, 3.8) is 0 Å². The number of likely N-dealkylation sites (tertiary alicyclic amines) is 1. The fraction of sp³-hybridized carbons (Fsp3) is 0.800. The second-order valence-corrected chi connectivity index (χ2v) is 5.96. The van der Waals surface area contributed by atoms with Crippen molar-refractivity contribution in [3.8, 4) is 0 Å². The molecule has 0 aromatic carbocycles. The van der Waals surface area contributed by atoms with Gasteiger partial charge >= 0.3 is 0 Å². The smallest absolute Gasteiger partial charge is 0.226 e. The Morgan fingerprint density at radius 1 is 1.30 bits per heavy atom. The van der Waals surface area contributed by atoms with Gasteiger partial charge in [-0.3, -0.25) is 9.69 Å². The summed E-state index contributed by atoms with van der Waals surface area (Å²) >= 11 is 0. The van der Waals surface area contributed by atoms with Crippen LogP contribution in [-0.4, -0.2) is 33.4 Å². The Labute approximate surface area is 119 Å². The first-order valence-corrected chi connectivity index (χ1v) is 7.86. The zero-order valence-corrected chi connectivity index (χ0v) is 12.2. The summed E-state index contributed by atoms with van der Waals surface area (Å²) in [5.74, 6) is 2.17. The van der Waals surface area contributed by atoms with E-state index in [9.17, 15) is 4.79 Å². The molecule has 1 saturated heterocycles. The standard InChI is InChI=1S/C15H23N3O2/c1-2-15-16-14(17-20-15)10-18-9-5-7-12(18)11-6-3-4-8-13(11)19/h11-12H,2-10H2,1H3. The molecule has 2 fully saturated rings. The lowest BCUT2D eigenvalue weighted by Gasteiger charge is -2.32. The Morgan fingerprint density at radius 3 is 2.95 bits per heavy atom. The molecule has 2 aliphatic rings. The first-order valence-electron chi connectivity index (χ1n) is 7.86. The number of rotatable bonds is 4. The van der Waals surface area contributed by atoms with E-state index in [2.05, 4.69) is 15.0 Å². The van der Waals surface area contributed by atoms with Crippen molar-refractivity contribution in [1.82, 2.24) is 15.0 Å². The normalized spacial score (nSPS) is 28.1. The molecule has 1 aromatic heterocycles. The fourth-order valence-electron chi connectivity index (χ4n) is 3.60. The molecule has 0 bridgehead atoms. The lowest BCUT2D eigenvalue weighted by molar-refractivity contribution is -0.126. The molecule has 1 aliphatic carbocycles. The third-order valence-electron chi connectivity index (χ3n) is 4.64. The summed E-state index contributed by atoms with van der Waals surface area (Å²) in [5.41, 5.74) is 0. The Kier molecular flexibility index (Phi) is 4.15. The highest BCUT2D eigenvalue weighted by Gasteiger charge is 2.37. The molecule has 0 spiro atoms.